The molecule has 1 aromatic carbocycles. The molecular formula is C15H22N2O3S. The predicted molar refractivity (Wildman–Crippen MR) is 80.6 cm³/mol. The van der Waals surface area contributed by atoms with Crippen LogP contribution in [-0.2, 0) is 14.8 Å². The molecule has 2 atom stereocenters. The Balaban J connectivity index is 1.64. The molecule has 6 heteroatoms. The molecular weight excluding hydrogens is 288 g/mol. The maximum atomic E-state index is 12.4. The SMILES string of the molecule is O=S(=O)(N[C@@H]1CCCN([C@H]2CCOC2)C1)c1ccccc1. The fraction of sp³-hybridized carbons (Fsp3) is 0.600. The first kappa shape index (κ1) is 15.0. The molecule has 0 unspecified atom stereocenters. The Morgan fingerprint density at radius 3 is 2.71 bits per heavy atom. The van der Waals surface area contributed by atoms with Gasteiger partial charge in [-0.2, -0.15) is 0 Å². The van der Waals surface area contributed by atoms with Crippen molar-refractivity contribution in [2.45, 2.75) is 36.2 Å². The topological polar surface area (TPSA) is 58.6 Å². The summed E-state index contributed by atoms with van der Waals surface area (Å²) in [4.78, 5) is 2.71. The zero-order valence-electron chi connectivity index (χ0n) is 12.1. The van der Waals surface area contributed by atoms with Crippen LogP contribution in [0.25, 0.3) is 0 Å². The Morgan fingerprint density at radius 2 is 2.00 bits per heavy atom. The monoisotopic (exact) mass is 310 g/mol. The third-order valence-electron chi connectivity index (χ3n) is 4.25. The lowest BCUT2D eigenvalue weighted by Gasteiger charge is -2.36. The van der Waals surface area contributed by atoms with Gasteiger partial charge in [0.1, 0.15) is 0 Å². The zero-order chi connectivity index (χ0) is 14.7. The number of rotatable bonds is 4. The molecule has 2 heterocycles. The van der Waals surface area contributed by atoms with Gasteiger partial charge in [-0.05, 0) is 37.9 Å². The van der Waals surface area contributed by atoms with Crippen molar-refractivity contribution in [2.75, 3.05) is 26.3 Å². The highest BCUT2D eigenvalue weighted by molar-refractivity contribution is 7.89. The minimum Gasteiger partial charge on any atom is -0.380 e. The highest BCUT2D eigenvalue weighted by Gasteiger charge is 2.30. The van der Waals surface area contributed by atoms with Crippen LogP contribution in [0.2, 0.25) is 0 Å². The summed E-state index contributed by atoms with van der Waals surface area (Å²) in [6.07, 6.45) is 2.98. The maximum Gasteiger partial charge on any atom is 0.240 e. The van der Waals surface area contributed by atoms with E-state index >= 15 is 0 Å². The quantitative estimate of drug-likeness (QED) is 0.908. The first-order valence-corrected chi connectivity index (χ1v) is 9.03. The number of nitrogens with zero attached hydrogens (tertiary/aromatic N) is 1. The minimum atomic E-state index is -3.41. The second-order valence-corrected chi connectivity index (χ2v) is 7.50. The molecule has 0 bridgehead atoms. The van der Waals surface area contributed by atoms with Crippen LogP contribution in [0.5, 0.6) is 0 Å². The van der Waals surface area contributed by atoms with Crippen molar-refractivity contribution < 1.29 is 13.2 Å². The molecule has 2 saturated heterocycles. The molecule has 0 saturated carbocycles. The highest BCUT2D eigenvalue weighted by atomic mass is 32.2. The molecule has 21 heavy (non-hydrogen) atoms. The molecule has 0 amide bonds. The van der Waals surface area contributed by atoms with E-state index in [1.807, 2.05) is 6.07 Å². The predicted octanol–water partition coefficient (Wildman–Crippen LogP) is 1.22. The van der Waals surface area contributed by atoms with Crippen molar-refractivity contribution in [1.82, 2.24) is 9.62 Å². The molecule has 2 aliphatic rings. The Morgan fingerprint density at radius 1 is 1.19 bits per heavy atom. The Bertz CT molecular complexity index is 556. The number of likely N-dealkylation sites (tertiary alicyclic amines) is 1. The van der Waals surface area contributed by atoms with E-state index in [0.29, 0.717) is 10.9 Å². The summed E-state index contributed by atoms with van der Waals surface area (Å²) in [6.45, 7) is 3.41. The Hall–Kier alpha value is -0.950. The number of benzene rings is 1. The normalized spacial score (nSPS) is 27.8. The van der Waals surface area contributed by atoms with E-state index in [2.05, 4.69) is 9.62 Å². The first-order chi connectivity index (χ1) is 10.1. The number of piperidine rings is 1. The molecule has 0 aliphatic carbocycles. The molecule has 1 aromatic rings. The molecule has 2 fully saturated rings. The Labute approximate surface area is 126 Å². The number of sulfonamides is 1. The third kappa shape index (κ3) is 3.63. The van der Waals surface area contributed by atoms with Gasteiger partial charge in [0.25, 0.3) is 0 Å². The summed E-state index contributed by atoms with van der Waals surface area (Å²) in [6, 6.07) is 9.02. The van der Waals surface area contributed by atoms with Gasteiger partial charge in [-0.3, -0.25) is 4.90 Å². The van der Waals surface area contributed by atoms with Gasteiger partial charge in [0.15, 0.2) is 0 Å². The first-order valence-electron chi connectivity index (χ1n) is 7.54. The van der Waals surface area contributed by atoms with E-state index in [9.17, 15) is 8.42 Å². The van der Waals surface area contributed by atoms with Crippen molar-refractivity contribution in [3.8, 4) is 0 Å². The van der Waals surface area contributed by atoms with Gasteiger partial charge in [-0.25, -0.2) is 13.1 Å². The third-order valence-corrected chi connectivity index (χ3v) is 5.79. The van der Waals surface area contributed by atoms with Crippen molar-refractivity contribution in [1.29, 1.82) is 0 Å². The molecule has 2 aliphatic heterocycles. The van der Waals surface area contributed by atoms with Crippen LogP contribution in [0, 0.1) is 0 Å². The fourth-order valence-electron chi connectivity index (χ4n) is 3.13. The largest absolute Gasteiger partial charge is 0.380 e. The van der Waals surface area contributed by atoms with Crippen molar-refractivity contribution in [2.24, 2.45) is 0 Å². The van der Waals surface area contributed by atoms with Crippen LogP contribution in [-0.4, -0.2) is 51.7 Å². The van der Waals surface area contributed by atoms with E-state index in [-0.39, 0.29) is 6.04 Å². The van der Waals surface area contributed by atoms with Crippen LogP contribution in [0.1, 0.15) is 19.3 Å². The lowest BCUT2D eigenvalue weighted by Crippen LogP contribution is -2.51. The van der Waals surface area contributed by atoms with Crippen LogP contribution < -0.4 is 4.72 Å². The molecule has 116 valence electrons. The maximum absolute atomic E-state index is 12.4. The van der Waals surface area contributed by atoms with Gasteiger partial charge in [0.05, 0.1) is 11.5 Å². The zero-order valence-corrected chi connectivity index (χ0v) is 12.9. The van der Waals surface area contributed by atoms with Gasteiger partial charge in [-0.15, -0.1) is 0 Å². The summed E-state index contributed by atoms with van der Waals surface area (Å²) in [5.74, 6) is 0. The van der Waals surface area contributed by atoms with E-state index in [1.165, 1.54) is 0 Å². The number of hydrogen-bond donors (Lipinski definition) is 1. The van der Waals surface area contributed by atoms with Gasteiger partial charge >= 0.3 is 0 Å². The van der Waals surface area contributed by atoms with Crippen molar-refractivity contribution >= 4 is 10.0 Å². The van der Waals surface area contributed by atoms with Crippen molar-refractivity contribution in [3.05, 3.63) is 30.3 Å². The number of nitrogens with one attached hydrogen (secondary N) is 1. The number of hydrogen-bond acceptors (Lipinski definition) is 4. The second-order valence-electron chi connectivity index (χ2n) is 5.79. The van der Waals surface area contributed by atoms with E-state index in [4.69, 9.17) is 4.74 Å². The molecule has 0 radical (unpaired) electrons. The van der Waals surface area contributed by atoms with E-state index < -0.39 is 10.0 Å². The molecule has 0 aromatic heterocycles. The standard InChI is InChI=1S/C15H22N2O3S/c18-21(19,15-6-2-1-3-7-15)16-13-5-4-9-17(11-13)14-8-10-20-12-14/h1-3,6-7,13-14,16H,4-5,8-12H2/t13-,14+/m1/s1. The summed E-state index contributed by atoms with van der Waals surface area (Å²) in [5.41, 5.74) is 0. The van der Waals surface area contributed by atoms with Gasteiger partial charge in [0.2, 0.25) is 10.0 Å². The molecule has 0 spiro atoms. The summed E-state index contributed by atoms with van der Waals surface area (Å²) < 4.78 is 33.0. The van der Waals surface area contributed by atoms with Crippen molar-refractivity contribution in [3.63, 3.8) is 0 Å². The van der Waals surface area contributed by atoms with Gasteiger partial charge in [0, 0.05) is 25.2 Å². The van der Waals surface area contributed by atoms with E-state index in [1.54, 1.807) is 24.3 Å². The average Bonchev–Trinajstić information content (AvgIpc) is 3.02. The summed E-state index contributed by atoms with van der Waals surface area (Å²) >= 11 is 0. The molecule has 5 nitrogen and oxygen atoms in total. The lowest BCUT2D eigenvalue weighted by molar-refractivity contribution is 0.117. The van der Waals surface area contributed by atoms with Crippen LogP contribution in [0.15, 0.2) is 35.2 Å². The van der Waals surface area contributed by atoms with Crippen LogP contribution in [0.3, 0.4) is 0 Å². The van der Waals surface area contributed by atoms with Crippen LogP contribution in [0.4, 0.5) is 0 Å². The second kappa shape index (κ2) is 6.44. The molecule has 3 rings (SSSR count). The average molecular weight is 310 g/mol. The van der Waals surface area contributed by atoms with E-state index in [0.717, 1.165) is 45.6 Å². The smallest absolute Gasteiger partial charge is 0.240 e. The summed E-state index contributed by atoms with van der Waals surface area (Å²) in [7, 11) is -3.41. The fourth-order valence-corrected chi connectivity index (χ4v) is 4.41. The summed E-state index contributed by atoms with van der Waals surface area (Å²) in [5, 5.41) is 0. The lowest BCUT2D eigenvalue weighted by atomic mass is 10.0. The Kier molecular flexibility index (Phi) is 4.59. The number of ether oxygens (including phenoxy) is 1. The molecule has 1 N–H and O–H groups in total. The minimum absolute atomic E-state index is 0.00967. The van der Waals surface area contributed by atoms with Gasteiger partial charge < -0.3 is 4.74 Å². The van der Waals surface area contributed by atoms with Crippen LogP contribution >= 0.6 is 0 Å². The highest BCUT2D eigenvalue weighted by Crippen LogP contribution is 2.20. The van der Waals surface area contributed by atoms with Gasteiger partial charge in [-0.1, -0.05) is 18.2 Å².